The number of carbonyl (C=O) groups excluding carboxylic acids is 2. The van der Waals surface area contributed by atoms with Gasteiger partial charge in [-0.2, -0.15) is 0 Å². The van der Waals surface area contributed by atoms with Crippen LogP contribution in [0.1, 0.15) is 20.7 Å². The number of benzene rings is 1. The van der Waals surface area contributed by atoms with Gasteiger partial charge in [-0.1, -0.05) is 6.07 Å². The number of esters is 2. The number of methoxy groups -OCH3 is 2. The Hall–Kier alpha value is -2.39. The highest BCUT2D eigenvalue weighted by Gasteiger charge is 2.21. The SMILES string of the molecule is COC(=O)c1ccc(C(=O)OC)c(NS(=O)(=O)c2cccs2)c1. The number of ether oxygens (including phenoxy) is 2. The molecule has 2 aromatic rings. The van der Waals surface area contributed by atoms with Gasteiger partial charge in [0.1, 0.15) is 4.21 Å². The van der Waals surface area contributed by atoms with Gasteiger partial charge in [0.25, 0.3) is 10.0 Å². The number of rotatable bonds is 5. The summed E-state index contributed by atoms with van der Waals surface area (Å²) < 4.78 is 36.2. The maximum absolute atomic E-state index is 12.3. The van der Waals surface area contributed by atoms with Crippen molar-refractivity contribution in [2.45, 2.75) is 4.21 Å². The van der Waals surface area contributed by atoms with Crippen molar-refractivity contribution in [3.63, 3.8) is 0 Å². The van der Waals surface area contributed by atoms with E-state index >= 15 is 0 Å². The lowest BCUT2D eigenvalue weighted by atomic mass is 10.1. The van der Waals surface area contributed by atoms with Gasteiger partial charge < -0.3 is 9.47 Å². The molecule has 0 radical (unpaired) electrons. The Labute approximate surface area is 136 Å². The molecule has 23 heavy (non-hydrogen) atoms. The van der Waals surface area contributed by atoms with Crippen molar-refractivity contribution in [3.05, 3.63) is 46.8 Å². The van der Waals surface area contributed by atoms with Gasteiger partial charge in [0.2, 0.25) is 0 Å². The average Bonchev–Trinajstić information content (AvgIpc) is 3.08. The predicted molar refractivity (Wildman–Crippen MR) is 84.2 cm³/mol. The molecule has 9 heteroatoms. The van der Waals surface area contributed by atoms with Crippen molar-refractivity contribution in [2.75, 3.05) is 18.9 Å². The number of sulfonamides is 1. The summed E-state index contributed by atoms with van der Waals surface area (Å²) in [5.74, 6) is -1.39. The average molecular weight is 355 g/mol. The Bertz CT molecular complexity index is 827. The fourth-order valence-corrected chi connectivity index (χ4v) is 3.84. The summed E-state index contributed by atoms with van der Waals surface area (Å²) in [5.41, 5.74) is 0.0254. The van der Waals surface area contributed by atoms with E-state index in [2.05, 4.69) is 14.2 Å². The number of thiophene rings is 1. The molecule has 0 spiro atoms. The standard InChI is InChI=1S/C14H13NO6S2/c1-20-13(16)9-5-6-10(14(17)21-2)11(8-9)15-23(18,19)12-4-3-7-22-12/h3-8,15H,1-2H3. The molecule has 1 aromatic heterocycles. The summed E-state index contributed by atoms with van der Waals surface area (Å²) in [6, 6.07) is 6.88. The maximum atomic E-state index is 12.3. The minimum atomic E-state index is -3.87. The zero-order valence-electron chi connectivity index (χ0n) is 12.2. The van der Waals surface area contributed by atoms with E-state index in [0.29, 0.717) is 0 Å². The van der Waals surface area contributed by atoms with Gasteiger partial charge in [0.05, 0.1) is 31.0 Å². The Kier molecular flexibility index (Phi) is 5.02. The zero-order chi connectivity index (χ0) is 17.0. The van der Waals surface area contributed by atoms with Gasteiger partial charge in [-0.3, -0.25) is 4.72 Å². The van der Waals surface area contributed by atoms with Crippen molar-refractivity contribution in [3.8, 4) is 0 Å². The molecule has 1 aromatic carbocycles. The molecule has 0 saturated heterocycles. The van der Waals surface area contributed by atoms with Crippen LogP contribution in [0.5, 0.6) is 0 Å². The molecule has 0 atom stereocenters. The molecule has 1 heterocycles. The lowest BCUT2D eigenvalue weighted by Crippen LogP contribution is -2.16. The molecule has 1 N–H and O–H groups in total. The monoisotopic (exact) mass is 355 g/mol. The number of hydrogen-bond acceptors (Lipinski definition) is 7. The second kappa shape index (κ2) is 6.80. The molecule has 7 nitrogen and oxygen atoms in total. The molecule has 0 amide bonds. The number of carbonyl (C=O) groups is 2. The first-order valence-electron chi connectivity index (χ1n) is 6.26. The van der Waals surface area contributed by atoms with E-state index in [0.717, 1.165) is 11.3 Å². The fraction of sp³-hybridized carbons (Fsp3) is 0.143. The van der Waals surface area contributed by atoms with Crippen molar-refractivity contribution < 1.29 is 27.5 Å². The summed E-state index contributed by atoms with van der Waals surface area (Å²) in [7, 11) is -1.50. The Morgan fingerprint density at radius 2 is 1.78 bits per heavy atom. The van der Waals surface area contributed by atoms with Crippen LogP contribution in [0.4, 0.5) is 5.69 Å². The first-order chi connectivity index (χ1) is 10.9. The molecule has 122 valence electrons. The second-order valence-electron chi connectivity index (χ2n) is 4.28. The van der Waals surface area contributed by atoms with Crippen LogP contribution < -0.4 is 4.72 Å². The third-order valence-electron chi connectivity index (χ3n) is 2.85. The van der Waals surface area contributed by atoms with Crippen LogP contribution in [0.2, 0.25) is 0 Å². The van der Waals surface area contributed by atoms with Gasteiger partial charge in [0.15, 0.2) is 0 Å². The van der Waals surface area contributed by atoms with Crippen LogP contribution in [0.25, 0.3) is 0 Å². The second-order valence-corrected chi connectivity index (χ2v) is 7.14. The van der Waals surface area contributed by atoms with Crippen LogP contribution >= 0.6 is 11.3 Å². The normalized spacial score (nSPS) is 10.9. The third kappa shape index (κ3) is 3.69. The first-order valence-corrected chi connectivity index (χ1v) is 8.62. The lowest BCUT2D eigenvalue weighted by molar-refractivity contribution is 0.0587. The van der Waals surface area contributed by atoms with Crippen molar-refractivity contribution in [1.29, 1.82) is 0 Å². The van der Waals surface area contributed by atoms with Gasteiger partial charge in [0, 0.05) is 0 Å². The van der Waals surface area contributed by atoms with Crippen LogP contribution in [0.15, 0.2) is 39.9 Å². The molecule has 0 bridgehead atoms. The molecule has 0 saturated carbocycles. The van der Waals surface area contributed by atoms with E-state index in [-0.39, 0.29) is 21.0 Å². The van der Waals surface area contributed by atoms with E-state index in [1.54, 1.807) is 11.4 Å². The van der Waals surface area contributed by atoms with Gasteiger partial charge in [-0.15, -0.1) is 11.3 Å². The summed E-state index contributed by atoms with van der Waals surface area (Å²) in [4.78, 5) is 23.4. The topological polar surface area (TPSA) is 98.8 Å². The minimum Gasteiger partial charge on any atom is -0.465 e. The van der Waals surface area contributed by atoms with E-state index < -0.39 is 22.0 Å². The fourth-order valence-electron chi connectivity index (χ4n) is 1.77. The molecular formula is C14H13NO6S2. The predicted octanol–water partition coefficient (Wildman–Crippen LogP) is 2.12. The van der Waals surface area contributed by atoms with Crippen molar-refractivity contribution in [2.24, 2.45) is 0 Å². The van der Waals surface area contributed by atoms with E-state index in [1.807, 2.05) is 0 Å². The summed E-state index contributed by atoms with van der Waals surface area (Å²) in [5, 5.41) is 1.61. The lowest BCUT2D eigenvalue weighted by Gasteiger charge is -2.12. The molecule has 2 rings (SSSR count). The van der Waals surface area contributed by atoms with E-state index in [9.17, 15) is 18.0 Å². The highest BCUT2D eigenvalue weighted by Crippen LogP contribution is 2.25. The smallest absolute Gasteiger partial charge is 0.339 e. The summed E-state index contributed by atoms with van der Waals surface area (Å²) in [6.45, 7) is 0. The molecule has 0 unspecified atom stereocenters. The Morgan fingerprint density at radius 1 is 1.09 bits per heavy atom. The van der Waals surface area contributed by atoms with Gasteiger partial charge in [-0.05, 0) is 29.6 Å². The molecule has 0 aliphatic carbocycles. The van der Waals surface area contributed by atoms with E-state index in [1.165, 1.54) is 38.5 Å². The zero-order valence-corrected chi connectivity index (χ0v) is 13.9. The minimum absolute atomic E-state index is 0.0136. The highest BCUT2D eigenvalue weighted by atomic mass is 32.2. The highest BCUT2D eigenvalue weighted by molar-refractivity contribution is 7.94. The Morgan fingerprint density at radius 3 is 2.35 bits per heavy atom. The summed E-state index contributed by atoms with van der Waals surface area (Å²) >= 11 is 1.03. The number of hydrogen-bond donors (Lipinski definition) is 1. The largest absolute Gasteiger partial charge is 0.465 e. The van der Waals surface area contributed by atoms with Crippen molar-refractivity contribution in [1.82, 2.24) is 0 Å². The molecule has 0 fully saturated rings. The van der Waals surface area contributed by atoms with E-state index in [4.69, 9.17) is 0 Å². The maximum Gasteiger partial charge on any atom is 0.339 e. The molecule has 0 aliphatic heterocycles. The van der Waals surface area contributed by atoms with Crippen LogP contribution in [-0.2, 0) is 19.5 Å². The van der Waals surface area contributed by atoms with Crippen LogP contribution in [0, 0.1) is 0 Å². The summed E-state index contributed by atoms with van der Waals surface area (Å²) in [6.07, 6.45) is 0. The van der Waals surface area contributed by atoms with Crippen molar-refractivity contribution >= 4 is 39.0 Å². The third-order valence-corrected chi connectivity index (χ3v) is 5.61. The quantitative estimate of drug-likeness (QED) is 0.825. The molecular weight excluding hydrogens is 342 g/mol. The van der Waals surface area contributed by atoms with Gasteiger partial charge >= 0.3 is 11.9 Å². The molecule has 0 aliphatic rings. The number of anilines is 1. The number of nitrogens with one attached hydrogen (secondary N) is 1. The van der Waals surface area contributed by atoms with Crippen LogP contribution in [0.3, 0.4) is 0 Å². The Balaban J connectivity index is 2.49. The van der Waals surface area contributed by atoms with Crippen LogP contribution in [-0.4, -0.2) is 34.6 Å². The first kappa shape index (κ1) is 17.0. The van der Waals surface area contributed by atoms with Gasteiger partial charge in [-0.25, -0.2) is 18.0 Å².